The molecule has 0 atom stereocenters. The van der Waals surface area contributed by atoms with E-state index >= 15 is 0 Å². The summed E-state index contributed by atoms with van der Waals surface area (Å²) in [6.07, 6.45) is 0. The summed E-state index contributed by atoms with van der Waals surface area (Å²) in [6.45, 7) is 2.07. The molecule has 1 heterocycles. The minimum Gasteiger partial charge on any atom is -0.398 e. The van der Waals surface area contributed by atoms with Gasteiger partial charge in [0.15, 0.2) is 5.16 Å². The van der Waals surface area contributed by atoms with Gasteiger partial charge < -0.3 is 10.7 Å². The molecule has 0 saturated heterocycles. The van der Waals surface area contributed by atoms with Gasteiger partial charge in [-0.1, -0.05) is 22.0 Å². The van der Waals surface area contributed by atoms with Gasteiger partial charge in [0.05, 0.1) is 11.0 Å². The Morgan fingerprint density at radius 1 is 1.21 bits per heavy atom. The van der Waals surface area contributed by atoms with E-state index in [1.165, 1.54) is 5.56 Å². The Kier molecular flexibility index (Phi) is 3.24. The van der Waals surface area contributed by atoms with E-state index < -0.39 is 0 Å². The van der Waals surface area contributed by atoms with Gasteiger partial charge in [-0.05, 0) is 54.6 Å². The zero-order valence-electron chi connectivity index (χ0n) is 10.3. The fraction of sp³-hybridized carbons (Fsp3) is 0.0714. The molecule has 0 unspecified atom stereocenters. The fourth-order valence-electron chi connectivity index (χ4n) is 1.86. The summed E-state index contributed by atoms with van der Waals surface area (Å²) < 4.78 is 0.981. The number of aromatic amines is 1. The van der Waals surface area contributed by atoms with E-state index in [1.54, 1.807) is 11.8 Å². The maximum Gasteiger partial charge on any atom is 0.171 e. The lowest BCUT2D eigenvalue weighted by molar-refractivity contribution is 1.08. The largest absolute Gasteiger partial charge is 0.398 e. The SMILES string of the molecule is Cc1ccc2nc(Sc3ccc(Br)cc3N)[nH]c2c1. The number of halogens is 1. The monoisotopic (exact) mass is 333 g/mol. The number of benzene rings is 2. The second-order valence-electron chi connectivity index (χ2n) is 4.35. The molecule has 1 aromatic heterocycles. The number of nitrogens with zero attached hydrogens (tertiary/aromatic N) is 1. The third kappa shape index (κ3) is 2.62. The summed E-state index contributed by atoms with van der Waals surface area (Å²) in [4.78, 5) is 8.86. The van der Waals surface area contributed by atoms with Gasteiger partial charge >= 0.3 is 0 Å². The fourth-order valence-corrected chi connectivity index (χ4v) is 3.07. The van der Waals surface area contributed by atoms with E-state index in [2.05, 4.69) is 45.0 Å². The van der Waals surface area contributed by atoms with Crippen LogP contribution in [0.3, 0.4) is 0 Å². The van der Waals surface area contributed by atoms with Crippen molar-refractivity contribution < 1.29 is 0 Å². The first-order valence-corrected chi connectivity index (χ1v) is 7.42. The molecular weight excluding hydrogens is 322 g/mol. The highest BCUT2D eigenvalue weighted by Crippen LogP contribution is 2.33. The third-order valence-electron chi connectivity index (χ3n) is 2.79. The van der Waals surface area contributed by atoms with E-state index in [0.29, 0.717) is 0 Å². The van der Waals surface area contributed by atoms with Gasteiger partial charge in [0.25, 0.3) is 0 Å². The molecule has 19 heavy (non-hydrogen) atoms. The Morgan fingerprint density at radius 3 is 2.84 bits per heavy atom. The molecule has 5 heteroatoms. The van der Waals surface area contributed by atoms with Crippen molar-refractivity contribution in [3.63, 3.8) is 0 Å². The lowest BCUT2D eigenvalue weighted by atomic mass is 10.2. The number of anilines is 1. The highest BCUT2D eigenvalue weighted by atomic mass is 79.9. The third-order valence-corrected chi connectivity index (χ3v) is 4.27. The lowest BCUT2D eigenvalue weighted by Crippen LogP contribution is -1.88. The molecule has 0 spiro atoms. The summed E-state index contributed by atoms with van der Waals surface area (Å²) in [5.74, 6) is 0. The second-order valence-corrected chi connectivity index (χ2v) is 6.29. The van der Waals surface area contributed by atoms with Crippen LogP contribution < -0.4 is 5.73 Å². The van der Waals surface area contributed by atoms with Gasteiger partial charge in [-0.15, -0.1) is 0 Å². The van der Waals surface area contributed by atoms with Crippen molar-refractivity contribution >= 4 is 44.4 Å². The minimum absolute atomic E-state index is 0.746. The Morgan fingerprint density at radius 2 is 2.05 bits per heavy atom. The number of hydrogen-bond donors (Lipinski definition) is 2. The van der Waals surface area contributed by atoms with Gasteiger partial charge in [-0.25, -0.2) is 4.98 Å². The van der Waals surface area contributed by atoms with Crippen LogP contribution in [-0.2, 0) is 0 Å². The molecule has 0 saturated carbocycles. The summed E-state index contributed by atoms with van der Waals surface area (Å²) in [7, 11) is 0. The van der Waals surface area contributed by atoms with Crippen LogP contribution in [0.5, 0.6) is 0 Å². The lowest BCUT2D eigenvalue weighted by Gasteiger charge is -2.03. The molecule has 0 aliphatic carbocycles. The first kappa shape index (κ1) is 12.6. The molecule has 3 aromatic rings. The molecule has 3 N–H and O–H groups in total. The predicted molar refractivity (Wildman–Crippen MR) is 83.5 cm³/mol. The van der Waals surface area contributed by atoms with Crippen LogP contribution in [0.25, 0.3) is 11.0 Å². The van der Waals surface area contributed by atoms with Crippen LogP contribution in [0, 0.1) is 6.92 Å². The van der Waals surface area contributed by atoms with Crippen molar-refractivity contribution in [2.24, 2.45) is 0 Å². The van der Waals surface area contributed by atoms with E-state index in [1.807, 2.05) is 24.3 Å². The zero-order valence-corrected chi connectivity index (χ0v) is 12.7. The van der Waals surface area contributed by atoms with Crippen LogP contribution in [0.15, 0.2) is 50.9 Å². The number of H-pyrrole nitrogens is 1. The molecule has 0 aliphatic heterocycles. The van der Waals surface area contributed by atoms with Crippen LogP contribution in [-0.4, -0.2) is 9.97 Å². The van der Waals surface area contributed by atoms with Crippen molar-refractivity contribution in [2.75, 3.05) is 5.73 Å². The quantitative estimate of drug-likeness (QED) is 0.685. The van der Waals surface area contributed by atoms with Crippen LogP contribution in [0.4, 0.5) is 5.69 Å². The Labute approximate surface area is 123 Å². The molecule has 2 aromatic carbocycles. The summed E-state index contributed by atoms with van der Waals surface area (Å²) in [5.41, 5.74) is 9.99. The Hall–Kier alpha value is -1.46. The van der Waals surface area contributed by atoms with E-state index in [4.69, 9.17) is 5.73 Å². The average molecular weight is 334 g/mol. The van der Waals surface area contributed by atoms with Crippen LogP contribution in [0.2, 0.25) is 0 Å². The number of nitrogens with two attached hydrogens (primary N) is 1. The molecular formula is C14H12BrN3S. The smallest absolute Gasteiger partial charge is 0.171 e. The standard InChI is InChI=1S/C14H12BrN3S/c1-8-2-4-11-12(6-8)18-14(17-11)19-13-5-3-9(15)7-10(13)16/h2-7H,16H2,1H3,(H,17,18). The molecule has 0 bridgehead atoms. The Balaban J connectivity index is 1.96. The number of imidazole rings is 1. The van der Waals surface area contributed by atoms with Crippen molar-refractivity contribution in [3.05, 3.63) is 46.4 Å². The highest BCUT2D eigenvalue weighted by molar-refractivity contribution is 9.10. The van der Waals surface area contributed by atoms with E-state index in [-0.39, 0.29) is 0 Å². The maximum atomic E-state index is 6.00. The second kappa shape index (κ2) is 4.90. The summed E-state index contributed by atoms with van der Waals surface area (Å²) in [5, 5.41) is 0.856. The number of aromatic nitrogens is 2. The molecule has 3 nitrogen and oxygen atoms in total. The molecule has 3 rings (SSSR count). The van der Waals surface area contributed by atoms with Crippen LogP contribution >= 0.6 is 27.7 Å². The van der Waals surface area contributed by atoms with Gasteiger partial charge in [0, 0.05) is 15.1 Å². The van der Waals surface area contributed by atoms with Crippen LogP contribution in [0.1, 0.15) is 5.56 Å². The van der Waals surface area contributed by atoms with E-state index in [0.717, 1.165) is 31.2 Å². The first-order chi connectivity index (χ1) is 9.11. The van der Waals surface area contributed by atoms with Crippen molar-refractivity contribution in [1.82, 2.24) is 9.97 Å². The van der Waals surface area contributed by atoms with Crippen molar-refractivity contribution in [3.8, 4) is 0 Å². The summed E-state index contributed by atoms with van der Waals surface area (Å²) >= 11 is 4.95. The number of hydrogen-bond acceptors (Lipinski definition) is 3. The van der Waals surface area contributed by atoms with Crippen molar-refractivity contribution in [1.29, 1.82) is 0 Å². The number of aryl methyl sites for hydroxylation is 1. The average Bonchev–Trinajstić information content (AvgIpc) is 2.74. The van der Waals surface area contributed by atoms with Gasteiger partial charge in [-0.3, -0.25) is 0 Å². The zero-order chi connectivity index (χ0) is 13.4. The van der Waals surface area contributed by atoms with Gasteiger partial charge in [0.2, 0.25) is 0 Å². The molecule has 0 radical (unpaired) electrons. The normalized spacial score (nSPS) is 11.1. The topological polar surface area (TPSA) is 54.7 Å². The molecule has 96 valence electrons. The minimum atomic E-state index is 0.746. The first-order valence-electron chi connectivity index (χ1n) is 5.81. The highest BCUT2D eigenvalue weighted by Gasteiger charge is 2.07. The molecule has 0 fully saturated rings. The van der Waals surface area contributed by atoms with Gasteiger partial charge in [-0.2, -0.15) is 0 Å². The van der Waals surface area contributed by atoms with Crippen molar-refractivity contribution in [2.45, 2.75) is 17.0 Å². The number of nitrogens with one attached hydrogen (secondary N) is 1. The predicted octanol–water partition coefficient (Wildman–Crippen LogP) is 4.37. The Bertz CT molecular complexity index is 752. The molecule has 0 aliphatic rings. The van der Waals surface area contributed by atoms with E-state index in [9.17, 15) is 0 Å². The summed E-state index contributed by atoms with van der Waals surface area (Å²) in [6, 6.07) is 12.0. The molecule has 0 amide bonds. The van der Waals surface area contributed by atoms with Gasteiger partial charge in [0.1, 0.15) is 0 Å². The maximum absolute atomic E-state index is 6.00. The number of nitrogen functional groups attached to an aromatic ring is 1. The number of fused-ring (bicyclic) bond motifs is 1. The number of rotatable bonds is 2.